The molecule has 0 aromatic carbocycles. The van der Waals surface area contributed by atoms with Crippen LogP contribution >= 0.6 is 0 Å². The van der Waals surface area contributed by atoms with Crippen LogP contribution in [-0.2, 0) is 6.67 Å². The summed E-state index contributed by atoms with van der Waals surface area (Å²) < 4.78 is 51.4. The lowest BCUT2D eigenvalue weighted by molar-refractivity contribution is -0.274. The predicted octanol–water partition coefficient (Wildman–Crippen LogP) is 1.90. The number of nitriles is 1. The van der Waals surface area contributed by atoms with Crippen LogP contribution in [0.25, 0.3) is 0 Å². The van der Waals surface area contributed by atoms with E-state index in [1.54, 1.807) is 0 Å². The van der Waals surface area contributed by atoms with Crippen molar-refractivity contribution < 1.29 is 22.3 Å². The number of anilines is 1. The van der Waals surface area contributed by atoms with E-state index in [2.05, 4.69) is 9.72 Å². The first-order valence-corrected chi connectivity index (χ1v) is 3.88. The summed E-state index contributed by atoms with van der Waals surface area (Å²) in [6.45, 7) is -1.10. The maximum absolute atomic E-state index is 12.3. The second kappa shape index (κ2) is 4.22. The summed E-state index contributed by atoms with van der Waals surface area (Å²) in [7, 11) is 0. The van der Waals surface area contributed by atoms with E-state index in [9.17, 15) is 17.6 Å². The van der Waals surface area contributed by atoms with E-state index >= 15 is 0 Å². The summed E-state index contributed by atoms with van der Waals surface area (Å²) in [5.74, 6) is -0.818. The number of alkyl halides is 4. The van der Waals surface area contributed by atoms with Gasteiger partial charge in [0.25, 0.3) is 0 Å². The fourth-order valence-electron chi connectivity index (χ4n) is 0.981. The molecule has 1 aromatic rings. The van der Waals surface area contributed by atoms with Gasteiger partial charge in [0, 0.05) is 0 Å². The summed E-state index contributed by atoms with van der Waals surface area (Å²) >= 11 is 0. The molecule has 0 amide bonds. The largest absolute Gasteiger partial charge is 0.573 e. The number of ether oxygens (including phenoxy) is 1. The second-order valence-corrected chi connectivity index (χ2v) is 2.65. The van der Waals surface area contributed by atoms with Gasteiger partial charge in [0.1, 0.15) is 18.3 Å². The van der Waals surface area contributed by atoms with Crippen molar-refractivity contribution in [1.29, 1.82) is 5.26 Å². The fraction of sp³-hybridized carbons (Fsp3) is 0.250. The SMILES string of the molecule is N#Cc1c(CF)ncc(OC(F)(F)F)c1N. The number of rotatable bonds is 2. The number of halogens is 4. The molecule has 0 bridgehead atoms. The van der Waals surface area contributed by atoms with E-state index in [0.29, 0.717) is 6.20 Å². The third kappa shape index (κ3) is 2.50. The summed E-state index contributed by atoms with van der Waals surface area (Å²) in [6.07, 6.45) is -4.32. The first kappa shape index (κ1) is 12.0. The van der Waals surface area contributed by atoms with Gasteiger partial charge in [-0.15, -0.1) is 13.2 Å². The van der Waals surface area contributed by atoms with E-state index in [1.165, 1.54) is 6.07 Å². The van der Waals surface area contributed by atoms with Gasteiger partial charge >= 0.3 is 6.36 Å². The summed E-state index contributed by atoms with van der Waals surface area (Å²) in [4.78, 5) is 3.31. The third-order valence-corrected chi connectivity index (χ3v) is 1.63. The van der Waals surface area contributed by atoms with Crippen LogP contribution in [-0.4, -0.2) is 11.3 Å². The summed E-state index contributed by atoms with van der Waals surface area (Å²) in [6, 6.07) is 1.47. The molecule has 0 radical (unpaired) electrons. The van der Waals surface area contributed by atoms with Crippen molar-refractivity contribution in [3.05, 3.63) is 17.5 Å². The molecule has 0 atom stereocenters. The highest BCUT2D eigenvalue weighted by molar-refractivity contribution is 5.63. The van der Waals surface area contributed by atoms with Gasteiger partial charge in [-0.1, -0.05) is 0 Å². The topological polar surface area (TPSA) is 71.9 Å². The van der Waals surface area contributed by atoms with Crippen LogP contribution in [0.4, 0.5) is 23.2 Å². The van der Waals surface area contributed by atoms with Crippen molar-refractivity contribution in [2.45, 2.75) is 13.0 Å². The van der Waals surface area contributed by atoms with Crippen LogP contribution in [0.2, 0.25) is 0 Å². The average Bonchev–Trinajstić information content (AvgIpc) is 2.19. The summed E-state index contributed by atoms with van der Waals surface area (Å²) in [5.41, 5.74) is 3.86. The van der Waals surface area contributed by atoms with Gasteiger partial charge in [-0.25, -0.2) is 4.39 Å². The zero-order valence-corrected chi connectivity index (χ0v) is 7.68. The van der Waals surface area contributed by atoms with Crippen molar-refractivity contribution >= 4 is 5.69 Å². The lowest BCUT2D eigenvalue weighted by Crippen LogP contribution is -2.18. The maximum atomic E-state index is 12.3. The van der Waals surface area contributed by atoms with Crippen LogP contribution in [0, 0.1) is 11.3 Å². The van der Waals surface area contributed by atoms with Gasteiger partial charge in [0.2, 0.25) is 0 Å². The van der Waals surface area contributed by atoms with Crippen molar-refractivity contribution in [1.82, 2.24) is 4.98 Å². The number of nitrogen functional groups attached to an aromatic ring is 1. The molecule has 0 unspecified atom stereocenters. The van der Waals surface area contributed by atoms with Crippen LogP contribution in [0.15, 0.2) is 6.20 Å². The Morgan fingerprint density at radius 1 is 1.50 bits per heavy atom. The molecule has 0 aliphatic heterocycles. The Bertz CT molecular complexity index is 438. The quantitative estimate of drug-likeness (QED) is 0.794. The smallest absolute Gasteiger partial charge is 0.402 e. The number of aromatic nitrogens is 1. The Labute approximate surface area is 87.3 Å². The molecular weight excluding hydrogens is 230 g/mol. The van der Waals surface area contributed by atoms with E-state index < -0.39 is 30.0 Å². The molecule has 16 heavy (non-hydrogen) atoms. The molecule has 0 aliphatic rings. The molecule has 8 heteroatoms. The van der Waals surface area contributed by atoms with Gasteiger partial charge in [0.15, 0.2) is 5.75 Å². The first-order chi connectivity index (χ1) is 7.39. The minimum absolute atomic E-state index is 0.325. The zero-order chi connectivity index (χ0) is 12.3. The predicted molar refractivity (Wildman–Crippen MR) is 44.9 cm³/mol. The van der Waals surface area contributed by atoms with Crippen LogP contribution in [0.5, 0.6) is 5.75 Å². The lowest BCUT2D eigenvalue weighted by atomic mass is 10.2. The van der Waals surface area contributed by atoms with Gasteiger partial charge in [-0.05, 0) is 0 Å². The molecule has 0 saturated heterocycles. The molecule has 86 valence electrons. The van der Waals surface area contributed by atoms with E-state index in [0.717, 1.165) is 0 Å². The highest BCUT2D eigenvalue weighted by Gasteiger charge is 2.32. The van der Waals surface area contributed by atoms with Crippen LogP contribution in [0.1, 0.15) is 11.3 Å². The molecule has 1 aromatic heterocycles. The molecule has 2 N–H and O–H groups in total. The Morgan fingerprint density at radius 3 is 2.56 bits per heavy atom. The van der Waals surface area contributed by atoms with Crippen molar-refractivity contribution in [2.75, 3.05) is 5.73 Å². The number of hydrogen-bond acceptors (Lipinski definition) is 4. The zero-order valence-electron chi connectivity index (χ0n) is 7.68. The molecule has 0 aliphatic carbocycles. The summed E-state index contributed by atoms with van der Waals surface area (Å²) in [5, 5.41) is 8.58. The average molecular weight is 235 g/mol. The number of nitrogens with zero attached hydrogens (tertiary/aromatic N) is 2. The minimum atomic E-state index is -4.94. The highest BCUT2D eigenvalue weighted by atomic mass is 19.4. The monoisotopic (exact) mass is 235 g/mol. The maximum Gasteiger partial charge on any atom is 0.573 e. The fourth-order valence-corrected chi connectivity index (χ4v) is 0.981. The molecular formula is C8H5F4N3O. The Balaban J connectivity index is 3.21. The van der Waals surface area contributed by atoms with Gasteiger partial charge in [-0.3, -0.25) is 4.98 Å². The van der Waals surface area contributed by atoms with E-state index in [1.807, 2.05) is 0 Å². The molecule has 4 nitrogen and oxygen atoms in total. The minimum Gasteiger partial charge on any atom is -0.402 e. The molecule has 1 rings (SSSR count). The second-order valence-electron chi connectivity index (χ2n) is 2.65. The third-order valence-electron chi connectivity index (χ3n) is 1.63. The van der Waals surface area contributed by atoms with Crippen LogP contribution < -0.4 is 10.5 Å². The van der Waals surface area contributed by atoms with Gasteiger partial charge in [-0.2, -0.15) is 5.26 Å². The standard InChI is InChI=1S/C8H5F4N3O/c9-1-5-4(2-13)7(14)6(3-15-5)16-8(10,11)12/h3H,1H2,(H2,14,15). The van der Waals surface area contributed by atoms with E-state index in [4.69, 9.17) is 11.0 Å². The van der Waals surface area contributed by atoms with E-state index in [-0.39, 0.29) is 5.69 Å². The molecule has 0 fully saturated rings. The van der Waals surface area contributed by atoms with Crippen molar-refractivity contribution in [2.24, 2.45) is 0 Å². The molecule has 1 heterocycles. The van der Waals surface area contributed by atoms with Gasteiger partial charge < -0.3 is 10.5 Å². The number of hydrogen-bond donors (Lipinski definition) is 1. The Hall–Kier alpha value is -2.04. The van der Waals surface area contributed by atoms with Crippen LogP contribution in [0.3, 0.4) is 0 Å². The lowest BCUT2D eigenvalue weighted by Gasteiger charge is -2.12. The molecule has 0 spiro atoms. The van der Waals surface area contributed by atoms with Crippen molar-refractivity contribution in [3.8, 4) is 11.8 Å². The Kier molecular flexibility index (Phi) is 3.17. The normalized spacial score (nSPS) is 10.9. The number of nitrogens with two attached hydrogens (primary N) is 1. The van der Waals surface area contributed by atoms with Crippen molar-refractivity contribution in [3.63, 3.8) is 0 Å². The highest BCUT2D eigenvalue weighted by Crippen LogP contribution is 2.31. The first-order valence-electron chi connectivity index (χ1n) is 3.88. The Morgan fingerprint density at radius 2 is 2.12 bits per heavy atom. The van der Waals surface area contributed by atoms with Gasteiger partial charge in [0.05, 0.1) is 17.6 Å². The number of pyridine rings is 1. The molecule has 0 saturated carbocycles.